The van der Waals surface area contributed by atoms with Crippen LogP contribution in [0.1, 0.15) is 30.9 Å². The number of carbonyl (C=O) groups is 2. The minimum atomic E-state index is -4.55. The fraction of sp³-hybridized carbons (Fsp3) is 0.409. The van der Waals surface area contributed by atoms with Crippen molar-refractivity contribution in [1.82, 2.24) is 10.3 Å². The SMILES string of the molecule is CC(OC(=O)C1CCCN(c2ncccc2C(F)(F)F)C1)C(=O)NCc1ccccc1Cl. The van der Waals surface area contributed by atoms with E-state index in [1.807, 2.05) is 0 Å². The summed E-state index contributed by atoms with van der Waals surface area (Å²) in [5, 5.41) is 3.17. The van der Waals surface area contributed by atoms with Gasteiger partial charge in [-0.05, 0) is 43.5 Å². The zero-order valence-electron chi connectivity index (χ0n) is 17.4. The Labute approximate surface area is 188 Å². The number of amides is 1. The standard InChI is InChI=1S/C22H23ClF3N3O3/c1-14(20(30)28-12-15-6-2-3-9-18(15)23)32-21(31)16-7-5-11-29(13-16)19-17(22(24,25)26)8-4-10-27-19/h2-4,6,8-10,14,16H,5,7,11-13H2,1H3,(H,28,30). The zero-order valence-corrected chi connectivity index (χ0v) is 18.1. The number of esters is 1. The highest BCUT2D eigenvalue weighted by Gasteiger charge is 2.38. The second kappa shape index (κ2) is 10.2. The number of ether oxygens (including phenoxy) is 1. The Hall–Kier alpha value is -2.81. The van der Waals surface area contributed by atoms with Crippen molar-refractivity contribution < 1.29 is 27.5 Å². The number of nitrogens with zero attached hydrogens (tertiary/aromatic N) is 2. The van der Waals surface area contributed by atoms with Crippen molar-refractivity contribution in [2.45, 2.75) is 38.6 Å². The first-order chi connectivity index (χ1) is 15.2. The molecular formula is C22H23ClF3N3O3. The van der Waals surface area contributed by atoms with Crippen LogP contribution >= 0.6 is 11.6 Å². The van der Waals surface area contributed by atoms with Crippen LogP contribution in [0.2, 0.25) is 5.02 Å². The molecule has 10 heteroatoms. The maximum absolute atomic E-state index is 13.3. The number of rotatable bonds is 6. The highest BCUT2D eigenvalue weighted by atomic mass is 35.5. The minimum Gasteiger partial charge on any atom is -0.452 e. The van der Waals surface area contributed by atoms with Crippen LogP contribution in [0.5, 0.6) is 0 Å². The molecule has 1 N–H and O–H groups in total. The second-order valence-corrected chi connectivity index (χ2v) is 7.95. The van der Waals surface area contributed by atoms with Gasteiger partial charge in [-0.2, -0.15) is 13.2 Å². The molecule has 0 radical (unpaired) electrons. The van der Waals surface area contributed by atoms with Crippen molar-refractivity contribution in [2.24, 2.45) is 5.92 Å². The van der Waals surface area contributed by atoms with Crippen molar-refractivity contribution >= 4 is 29.3 Å². The molecule has 0 bridgehead atoms. The Balaban J connectivity index is 1.58. The zero-order chi connectivity index (χ0) is 23.3. The minimum absolute atomic E-state index is 0.0346. The third-order valence-electron chi connectivity index (χ3n) is 5.22. The van der Waals surface area contributed by atoms with E-state index >= 15 is 0 Å². The van der Waals surface area contributed by atoms with Crippen LogP contribution in [-0.4, -0.2) is 36.1 Å². The Morgan fingerprint density at radius 3 is 2.75 bits per heavy atom. The normalized spacial score (nSPS) is 17.5. The van der Waals surface area contributed by atoms with E-state index in [1.165, 1.54) is 24.1 Å². The average molecular weight is 470 g/mol. The van der Waals surface area contributed by atoms with E-state index in [2.05, 4.69) is 10.3 Å². The average Bonchev–Trinajstić information content (AvgIpc) is 2.77. The number of piperidine rings is 1. The van der Waals surface area contributed by atoms with E-state index in [1.54, 1.807) is 24.3 Å². The van der Waals surface area contributed by atoms with Crippen LogP contribution in [0, 0.1) is 5.92 Å². The van der Waals surface area contributed by atoms with Crippen LogP contribution in [0.15, 0.2) is 42.6 Å². The second-order valence-electron chi connectivity index (χ2n) is 7.55. The van der Waals surface area contributed by atoms with Crippen LogP contribution in [0.4, 0.5) is 19.0 Å². The van der Waals surface area contributed by atoms with Crippen LogP contribution in [-0.2, 0) is 27.0 Å². The maximum Gasteiger partial charge on any atom is 0.419 e. The first-order valence-electron chi connectivity index (χ1n) is 10.2. The van der Waals surface area contributed by atoms with Gasteiger partial charge >= 0.3 is 12.1 Å². The molecule has 32 heavy (non-hydrogen) atoms. The van der Waals surface area contributed by atoms with E-state index < -0.39 is 35.6 Å². The molecule has 1 amide bonds. The number of pyridine rings is 1. The summed E-state index contributed by atoms with van der Waals surface area (Å²) in [6, 6.07) is 9.22. The van der Waals surface area contributed by atoms with Crippen molar-refractivity contribution in [3.63, 3.8) is 0 Å². The molecule has 0 saturated carbocycles. The fourth-order valence-corrected chi connectivity index (χ4v) is 3.73. The van der Waals surface area contributed by atoms with Gasteiger partial charge in [0.2, 0.25) is 0 Å². The van der Waals surface area contributed by atoms with Crippen molar-refractivity contribution in [3.05, 3.63) is 58.7 Å². The van der Waals surface area contributed by atoms with Gasteiger partial charge in [0.15, 0.2) is 6.10 Å². The number of nitrogens with one attached hydrogen (secondary N) is 1. The van der Waals surface area contributed by atoms with Gasteiger partial charge < -0.3 is 15.0 Å². The summed E-state index contributed by atoms with van der Waals surface area (Å²) in [6.45, 7) is 2.00. The quantitative estimate of drug-likeness (QED) is 0.641. The molecule has 1 aromatic carbocycles. The smallest absolute Gasteiger partial charge is 0.419 e. The van der Waals surface area contributed by atoms with E-state index in [9.17, 15) is 22.8 Å². The van der Waals surface area contributed by atoms with Crippen LogP contribution < -0.4 is 10.2 Å². The van der Waals surface area contributed by atoms with Gasteiger partial charge in [-0.15, -0.1) is 0 Å². The molecule has 172 valence electrons. The van der Waals surface area contributed by atoms with Gasteiger partial charge in [-0.3, -0.25) is 9.59 Å². The fourth-order valence-electron chi connectivity index (χ4n) is 3.52. The number of aromatic nitrogens is 1. The Kier molecular flexibility index (Phi) is 7.60. The number of benzene rings is 1. The molecule has 1 aliphatic rings. The van der Waals surface area contributed by atoms with Crippen LogP contribution in [0.25, 0.3) is 0 Å². The number of carbonyl (C=O) groups excluding carboxylic acids is 2. The Morgan fingerprint density at radius 1 is 1.28 bits per heavy atom. The van der Waals surface area contributed by atoms with Gasteiger partial charge in [-0.25, -0.2) is 4.98 Å². The van der Waals surface area contributed by atoms with Gasteiger partial charge in [0.25, 0.3) is 5.91 Å². The summed E-state index contributed by atoms with van der Waals surface area (Å²) >= 11 is 6.06. The Bertz CT molecular complexity index is 971. The van der Waals surface area contributed by atoms with Gasteiger partial charge in [0.05, 0.1) is 11.5 Å². The van der Waals surface area contributed by atoms with E-state index in [0.717, 1.165) is 11.6 Å². The van der Waals surface area contributed by atoms with E-state index in [4.69, 9.17) is 16.3 Å². The summed E-state index contributed by atoms with van der Waals surface area (Å²) in [5.41, 5.74) is -0.124. The van der Waals surface area contributed by atoms with Gasteiger partial charge in [0, 0.05) is 30.9 Å². The number of halogens is 4. The topological polar surface area (TPSA) is 71.5 Å². The van der Waals surface area contributed by atoms with Crippen molar-refractivity contribution in [1.29, 1.82) is 0 Å². The third-order valence-corrected chi connectivity index (χ3v) is 5.59. The summed E-state index contributed by atoms with van der Waals surface area (Å²) in [4.78, 5) is 30.3. The summed E-state index contributed by atoms with van der Waals surface area (Å²) in [7, 11) is 0. The number of anilines is 1. The molecular weight excluding hydrogens is 447 g/mol. The molecule has 1 saturated heterocycles. The number of hydrogen-bond acceptors (Lipinski definition) is 5. The third kappa shape index (κ3) is 5.91. The van der Waals surface area contributed by atoms with Crippen molar-refractivity contribution in [3.8, 4) is 0 Å². The first-order valence-corrected chi connectivity index (χ1v) is 10.5. The van der Waals surface area contributed by atoms with E-state index in [0.29, 0.717) is 24.4 Å². The Morgan fingerprint density at radius 2 is 2.03 bits per heavy atom. The molecule has 3 rings (SSSR count). The van der Waals surface area contributed by atoms with Gasteiger partial charge in [-0.1, -0.05) is 29.8 Å². The lowest BCUT2D eigenvalue weighted by Crippen LogP contribution is -2.43. The monoisotopic (exact) mass is 469 g/mol. The lowest BCUT2D eigenvalue weighted by Gasteiger charge is -2.34. The summed E-state index contributed by atoms with van der Waals surface area (Å²) in [5.74, 6) is -1.98. The summed E-state index contributed by atoms with van der Waals surface area (Å²) in [6.07, 6.45) is -3.36. The molecule has 6 nitrogen and oxygen atoms in total. The highest BCUT2D eigenvalue weighted by Crippen LogP contribution is 2.36. The highest BCUT2D eigenvalue weighted by molar-refractivity contribution is 6.31. The number of alkyl halides is 3. The lowest BCUT2D eigenvalue weighted by atomic mass is 9.97. The largest absolute Gasteiger partial charge is 0.452 e. The predicted octanol–water partition coefficient (Wildman–Crippen LogP) is 4.22. The summed E-state index contributed by atoms with van der Waals surface area (Å²) < 4.78 is 45.3. The van der Waals surface area contributed by atoms with Crippen LogP contribution in [0.3, 0.4) is 0 Å². The lowest BCUT2D eigenvalue weighted by molar-refractivity contribution is -0.159. The maximum atomic E-state index is 13.3. The molecule has 1 aromatic heterocycles. The molecule has 2 atom stereocenters. The molecule has 2 heterocycles. The molecule has 2 aromatic rings. The number of hydrogen-bond donors (Lipinski definition) is 1. The molecule has 0 aliphatic carbocycles. The van der Waals surface area contributed by atoms with Gasteiger partial charge in [0.1, 0.15) is 5.82 Å². The molecule has 2 unspecified atom stereocenters. The first kappa shape index (κ1) is 23.8. The predicted molar refractivity (Wildman–Crippen MR) is 113 cm³/mol. The van der Waals surface area contributed by atoms with E-state index in [-0.39, 0.29) is 18.9 Å². The molecule has 1 fully saturated rings. The molecule has 1 aliphatic heterocycles. The van der Waals surface area contributed by atoms with Crippen molar-refractivity contribution in [2.75, 3.05) is 18.0 Å². The molecule has 0 spiro atoms.